The topological polar surface area (TPSA) is 55.8 Å². The zero-order valence-corrected chi connectivity index (χ0v) is 31.6. The zero-order valence-electron chi connectivity index (χ0n) is 30.6. The van der Waals surface area contributed by atoms with Gasteiger partial charge in [-0.05, 0) is 65.3 Å². The van der Waals surface area contributed by atoms with E-state index in [9.17, 15) is 9.90 Å². The number of benzene rings is 2. The highest BCUT2D eigenvalue weighted by atomic mass is 28.4. The molecule has 0 aliphatic heterocycles. The van der Waals surface area contributed by atoms with E-state index >= 15 is 0 Å². The van der Waals surface area contributed by atoms with Crippen LogP contribution in [0.15, 0.2) is 85.0 Å². The number of hydrogen-bond acceptors (Lipinski definition) is 4. The Morgan fingerprint density at radius 3 is 2.04 bits per heavy atom. The summed E-state index contributed by atoms with van der Waals surface area (Å²) in [6.07, 6.45) is 19.9. The maximum absolute atomic E-state index is 11.1. The number of carbonyl (C=O) groups is 1. The lowest BCUT2D eigenvalue weighted by Gasteiger charge is -2.45. The van der Waals surface area contributed by atoms with Gasteiger partial charge in [-0.25, -0.2) is 0 Å². The molecule has 0 fully saturated rings. The standard InChI is InChI=1S/C44H58O4Si/c1-6-30-40(48-49(44(2,3)4,41-34-24-21-25-35-41)42-36-26-22-27-37-42)33-29-32-39(45)31-23-19-17-15-13-11-9-7-8-10-12-14-16-18-20-28-38-43(46)47-5/h7-8,11,13,21-22,24-27,34-37,39-40,45H,6,9-10,12,14-16,18,20,28,30,33,38H2,1-5H3/b8-7-,13-11-. The van der Waals surface area contributed by atoms with Crippen LogP contribution >= 0.6 is 0 Å². The molecule has 0 bridgehead atoms. The first kappa shape index (κ1) is 41.4. The number of carbonyl (C=O) groups excluding carboxylic acids is 1. The third kappa shape index (κ3) is 16.0. The largest absolute Gasteiger partial charge is 0.469 e. The first-order valence-electron chi connectivity index (χ1n) is 18.0. The first-order chi connectivity index (χ1) is 23.7. The molecular formula is C44H58O4Si. The fraction of sp³-hybridized carbons (Fsp3) is 0.477. The lowest BCUT2D eigenvalue weighted by Crippen LogP contribution is -2.67. The van der Waals surface area contributed by atoms with Crippen LogP contribution in [0.2, 0.25) is 5.04 Å². The van der Waals surface area contributed by atoms with Gasteiger partial charge in [0.1, 0.15) is 0 Å². The summed E-state index contributed by atoms with van der Waals surface area (Å²) < 4.78 is 11.9. The van der Waals surface area contributed by atoms with E-state index in [2.05, 4.69) is 147 Å². The monoisotopic (exact) mass is 678 g/mol. The fourth-order valence-electron chi connectivity index (χ4n) is 5.84. The Labute approximate surface area is 298 Å². The van der Waals surface area contributed by atoms with E-state index in [1.54, 1.807) is 0 Å². The third-order valence-electron chi connectivity index (χ3n) is 8.35. The van der Waals surface area contributed by atoms with Gasteiger partial charge in [-0.15, -0.1) is 0 Å². The van der Waals surface area contributed by atoms with Crippen LogP contribution < -0.4 is 10.4 Å². The molecule has 2 aromatic rings. The van der Waals surface area contributed by atoms with Crippen LogP contribution in [0.4, 0.5) is 0 Å². The van der Waals surface area contributed by atoms with Gasteiger partial charge in [-0.2, -0.15) is 0 Å². The van der Waals surface area contributed by atoms with Crippen molar-refractivity contribution in [1.82, 2.24) is 0 Å². The highest BCUT2D eigenvalue weighted by molar-refractivity contribution is 6.99. The van der Waals surface area contributed by atoms with E-state index in [-0.39, 0.29) is 17.1 Å². The predicted molar refractivity (Wildman–Crippen MR) is 208 cm³/mol. The summed E-state index contributed by atoms with van der Waals surface area (Å²) in [5.41, 5.74) is 0. The average molecular weight is 679 g/mol. The summed E-state index contributed by atoms with van der Waals surface area (Å²) in [6, 6.07) is 21.3. The molecule has 0 radical (unpaired) electrons. The van der Waals surface area contributed by atoms with E-state index in [1.807, 2.05) is 6.08 Å². The van der Waals surface area contributed by atoms with Crippen LogP contribution in [0.5, 0.6) is 0 Å². The van der Waals surface area contributed by atoms with Gasteiger partial charge in [0.15, 0.2) is 6.10 Å². The molecule has 0 amide bonds. The predicted octanol–water partition coefficient (Wildman–Crippen LogP) is 8.68. The second-order valence-electron chi connectivity index (χ2n) is 13.3. The maximum atomic E-state index is 11.1. The molecule has 0 heterocycles. The first-order valence-corrected chi connectivity index (χ1v) is 20.0. The molecule has 0 aliphatic rings. The number of unbranched alkanes of at least 4 members (excludes halogenated alkanes) is 6. The Morgan fingerprint density at radius 2 is 1.43 bits per heavy atom. The van der Waals surface area contributed by atoms with Crippen molar-refractivity contribution in [3.05, 3.63) is 85.0 Å². The van der Waals surface area contributed by atoms with E-state index in [0.29, 0.717) is 19.3 Å². The van der Waals surface area contributed by atoms with Crippen molar-refractivity contribution >= 4 is 24.7 Å². The number of rotatable bonds is 19. The second kappa shape index (κ2) is 24.4. The Morgan fingerprint density at radius 1 is 0.816 bits per heavy atom. The summed E-state index contributed by atoms with van der Waals surface area (Å²) in [7, 11) is -1.24. The van der Waals surface area contributed by atoms with E-state index in [0.717, 1.165) is 38.5 Å². The minimum Gasteiger partial charge on any atom is -0.469 e. The number of aliphatic hydroxyl groups excluding tert-OH is 1. The van der Waals surface area contributed by atoms with E-state index in [4.69, 9.17) is 4.43 Å². The van der Waals surface area contributed by atoms with Gasteiger partial charge in [0, 0.05) is 19.3 Å². The molecule has 49 heavy (non-hydrogen) atoms. The van der Waals surface area contributed by atoms with Gasteiger partial charge in [-0.3, -0.25) is 4.79 Å². The number of methoxy groups -OCH3 is 1. The van der Waals surface area contributed by atoms with Crippen LogP contribution in [0.1, 0.15) is 111 Å². The van der Waals surface area contributed by atoms with Crippen LogP contribution in [-0.4, -0.2) is 38.7 Å². The highest BCUT2D eigenvalue weighted by Crippen LogP contribution is 2.38. The summed E-state index contributed by atoms with van der Waals surface area (Å²) in [6.45, 7) is 9.02. The van der Waals surface area contributed by atoms with Gasteiger partial charge in [0.25, 0.3) is 8.32 Å². The maximum Gasteiger partial charge on any atom is 0.305 e. The fourth-order valence-corrected chi connectivity index (χ4v) is 10.6. The number of ether oxygens (including phenoxy) is 1. The molecule has 4 nitrogen and oxygen atoms in total. The number of hydrogen-bond donors (Lipinski definition) is 1. The molecule has 0 saturated heterocycles. The smallest absolute Gasteiger partial charge is 0.305 e. The molecule has 1 N–H and O–H groups in total. The summed E-state index contributed by atoms with van der Waals surface area (Å²) in [4.78, 5) is 11.1. The summed E-state index contributed by atoms with van der Waals surface area (Å²) >= 11 is 0. The van der Waals surface area contributed by atoms with Crippen molar-refractivity contribution in [2.45, 2.75) is 128 Å². The van der Waals surface area contributed by atoms with Crippen LogP contribution in [0, 0.1) is 35.5 Å². The van der Waals surface area contributed by atoms with Gasteiger partial charge >= 0.3 is 5.97 Å². The van der Waals surface area contributed by atoms with E-state index < -0.39 is 14.4 Å². The lowest BCUT2D eigenvalue weighted by molar-refractivity contribution is -0.140. The van der Waals surface area contributed by atoms with Crippen molar-refractivity contribution in [2.75, 3.05) is 7.11 Å². The third-order valence-corrected chi connectivity index (χ3v) is 13.4. The average Bonchev–Trinajstić information content (AvgIpc) is 3.10. The van der Waals surface area contributed by atoms with Crippen LogP contribution in [-0.2, 0) is 14.0 Å². The molecule has 5 heteroatoms. The molecule has 262 valence electrons. The highest BCUT2D eigenvalue weighted by Gasteiger charge is 2.51. The number of allylic oxidation sites excluding steroid dienone is 4. The van der Waals surface area contributed by atoms with Crippen molar-refractivity contribution in [3.63, 3.8) is 0 Å². The van der Waals surface area contributed by atoms with Crippen molar-refractivity contribution in [3.8, 4) is 35.5 Å². The molecule has 2 rings (SSSR count). The molecule has 0 aromatic heterocycles. The van der Waals surface area contributed by atoms with Crippen LogP contribution in [0.25, 0.3) is 0 Å². The molecule has 2 atom stereocenters. The molecule has 0 saturated carbocycles. The quantitative estimate of drug-likeness (QED) is 0.0531. The minimum absolute atomic E-state index is 0.0632. The molecule has 0 aliphatic carbocycles. The van der Waals surface area contributed by atoms with Crippen molar-refractivity contribution < 1.29 is 19.1 Å². The SMILES string of the molecule is CCCC(CC#CC(O)C#CC#CC/C=C\C/C=C\CCCCCCCCC(=O)OC)O[Si](c1ccccc1)(c1ccccc1)C(C)(C)C. The molecule has 2 aromatic carbocycles. The van der Waals surface area contributed by atoms with Crippen molar-refractivity contribution in [1.29, 1.82) is 0 Å². The Kier molecular flexibility index (Phi) is 20.6. The van der Waals surface area contributed by atoms with Gasteiger partial charge in [-0.1, -0.05) is 163 Å². The number of aliphatic hydroxyl groups is 1. The van der Waals surface area contributed by atoms with Gasteiger partial charge in [0.05, 0.1) is 13.2 Å². The van der Waals surface area contributed by atoms with Crippen LogP contribution in [0.3, 0.4) is 0 Å². The van der Waals surface area contributed by atoms with Gasteiger partial charge < -0.3 is 14.3 Å². The summed E-state index contributed by atoms with van der Waals surface area (Å²) in [5, 5.41) is 12.8. The normalized spacial score (nSPS) is 12.7. The van der Waals surface area contributed by atoms with Crippen molar-refractivity contribution in [2.24, 2.45) is 0 Å². The Bertz CT molecular complexity index is 1410. The Balaban J connectivity index is 1.82. The van der Waals surface area contributed by atoms with E-state index in [1.165, 1.54) is 43.2 Å². The lowest BCUT2D eigenvalue weighted by atomic mass is 10.1. The second-order valence-corrected chi connectivity index (χ2v) is 17.6. The van der Waals surface area contributed by atoms with Gasteiger partial charge in [0.2, 0.25) is 0 Å². The molecular weight excluding hydrogens is 621 g/mol. The molecule has 2 unspecified atom stereocenters. The Hall–Kier alpha value is -3.79. The number of esters is 1. The zero-order chi connectivity index (χ0) is 35.6. The minimum atomic E-state index is -2.68. The molecule has 0 spiro atoms. The summed E-state index contributed by atoms with van der Waals surface area (Å²) in [5.74, 6) is 17.3.